The van der Waals surface area contributed by atoms with Gasteiger partial charge < -0.3 is 0 Å². The van der Waals surface area contributed by atoms with Crippen molar-refractivity contribution >= 4 is 10.2 Å². The predicted octanol–water partition coefficient (Wildman–Crippen LogP) is -0.266. The smallest absolute Gasteiger partial charge is 0.202 e. The molecule has 0 radical (unpaired) electrons. The van der Waals surface area contributed by atoms with Crippen LogP contribution in [0.1, 0.15) is 19.8 Å². The van der Waals surface area contributed by atoms with Crippen molar-refractivity contribution < 1.29 is 8.42 Å². The maximum absolute atomic E-state index is 10.9. The quantitative estimate of drug-likeness (QED) is 0.567. The molecular weight excluding hydrogens is 178 g/mol. The first kappa shape index (κ1) is 11.4. The molecule has 0 atom stereocenters. The standard InChI is InChI=1S/C6H13N3O2S/c1-2-5-8-12(10,11)9-6-3-4-7/h8-9H,2-3,5-6H2,1H3. The molecule has 6 heteroatoms. The molecule has 12 heavy (non-hydrogen) atoms. The third-order valence-corrected chi connectivity index (χ3v) is 2.24. The first-order chi connectivity index (χ1) is 5.62. The number of rotatable bonds is 6. The fourth-order valence-corrected chi connectivity index (χ4v) is 1.47. The highest BCUT2D eigenvalue weighted by atomic mass is 32.2. The summed E-state index contributed by atoms with van der Waals surface area (Å²) in [5.41, 5.74) is 0. The molecule has 0 rings (SSSR count). The van der Waals surface area contributed by atoms with Gasteiger partial charge in [0.15, 0.2) is 0 Å². The minimum Gasteiger partial charge on any atom is -0.202 e. The normalized spacial score (nSPS) is 11.0. The van der Waals surface area contributed by atoms with Crippen molar-refractivity contribution in [2.24, 2.45) is 0 Å². The van der Waals surface area contributed by atoms with Gasteiger partial charge in [-0.1, -0.05) is 6.92 Å². The van der Waals surface area contributed by atoms with E-state index in [-0.39, 0.29) is 13.0 Å². The van der Waals surface area contributed by atoms with Crippen LogP contribution in [0.25, 0.3) is 0 Å². The molecule has 0 aromatic carbocycles. The van der Waals surface area contributed by atoms with Gasteiger partial charge in [-0.15, -0.1) is 0 Å². The molecule has 0 amide bonds. The molecule has 70 valence electrons. The Kier molecular flexibility index (Phi) is 5.62. The maximum Gasteiger partial charge on any atom is 0.276 e. The second-order valence-electron chi connectivity index (χ2n) is 2.20. The van der Waals surface area contributed by atoms with E-state index < -0.39 is 10.2 Å². The zero-order valence-corrected chi connectivity index (χ0v) is 7.82. The third kappa shape index (κ3) is 6.09. The molecule has 0 aliphatic carbocycles. The Balaban J connectivity index is 3.67. The van der Waals surface area contributed by atoms with Crippen molar-refractivity contribution in [2.45, 2.75) is 19.8 Å². The summed E-state index contributed by atoms with van der Waals surface area (Å²) in [6, 6.07) is 1.84. The summed E-state index contributed by atoms with van der Waals surface area (Å²) in [5, 5.41) is 8.13. The van der Waals surface area contributed by atoms with Crippen LogP contribution in [0.2, 0.25) is 0 Å². The SMILES string of the molecule is CCCNS(=O)(=O)NCCC#N. The van der Waals surface area contributed by atoms with Crippen LogP contribution in [0.4, 0.5) is 0 Å². The lowest BCUT2D eigenvalue weighted by Gasteiger charge is -2.04. The molecule has 5 nitrogen and oxygen atoms in total. The average molecular weight is 191 g/mol. The zero-order valence-electron chi connectivity index (χ0n) is 7.00. The summed E-state index contributed by atoms with van der Waals surface area (Å²) in [7, 11) is -3.37. The van der Waals surface area contributed by atoms with Gasteiger partial charge in [0.1, 0.15) is 0 Å². The maximum atomic E-state index is 10.9. The number of hydrogen-bond acceptors (Lipinski definition) is 3. The van der Waals surface area contributed by atoms with E-state index in [0.717, 1.165) is 6.42 Å². The molecule has 2 N–H and O–H groups in total. The highest BCUT2D eigenvalue weighted by molar-refractivity contribution is 7.87. The van der Waals surface area contributed by atoms with Gasteiger partial charge in [0, 0.05) is 19.5 Å². The van der Waals surface area contributed by atoms with E-state index >= 15 is 0 Å². The fraction of sp³-hybridized carbons (Fsp3) is 0.833. The largest absolute Gasteiger partial charge is 0.276 e. The summed E-state index contributed by atoms with van der Waals surface area (Å²) < 4.78 is 26.4. The summed E-state index contributed by atoms with van der Waals surface area (Å²) in [6.45, 7) is 2.45. The second-order valence-corrected chi connectivity index (χ2v) is 3.78. The lowest BCUT2D eigenvalue weighted by Crippen LogP contribution is -2.37. The van der Waals surface area contributed by atoms with Crippen LogP contribution < -0.4 is 9.44 Å². The Labute approximate surface area is 73.0 Å². The Bertz CT molecular complexity index is 242. The van der Waals surface area contributed by atoms with Gasteiger partial charge in [-0.2, -0.15) is 13.7 Å². The number of nitrogens with one attached hydrogen (secondary N) is 2. The molecule has 0 fully saturated rings. The molecule has 0 spiro atoms. The highest BCUT2D eigenvalue weighted by Gasteiger charge is 2.05. The molecule has 0 aliphatic rings. The van der Waals surface area contributed by atoms with Crippen molar-refractivity contribution in [3.63, 3.8) is 0 Å². The number of hydrogen-bond donors (Lipinski definition) is 2. The monoisotopic (exact) mass is 191 g/mol. The zero-order chi connectivity index (χ0) is 9.45. The molecule has 0 aliphatic heterocycles. The third-order valence-electron chi connectivity index (χ3n) is 1.07. The van der Waals surface area contributed by atoms with Crippen LogP contribution in [0.5, 0.6) is 0 Å². The van der Waals surface area contributed by atoms with Crippen LogP contribution in [0.3, 0.4) is 0 Å². The van der Waals surface area contributed by atoms with E-state index in [9.17, 15) is 8.42 Å². The molecule has 0 aromatic rings. The molecule has 0 heterocycles. The van der Waals surface area contributed by atoms with Crippen LogP contribution in [0.15, 0.2) is 0 Å². The van der Waals surface area contributed by atoms with E-state index in [1.54, 1.807) is 0 Å². The molecule has 0 bridgehead atoms. The lowest BCUT2D eigenvalue weighted by molar-refractivity contribution is 0.566. The van der Waals surface area contributed by atoms with Crippen molar-refractivity contribution in [3.05, 3.63) is 0 Å². The van der Waals surface area contributed by atoms with Crippen LogP contribution in [0, 0.1) is 11.3 Å². The fourth-order valence-electron chi connectivity index (χ4n) is 0.529. The van der Waals surface area contributed by atoms with Crippen LogP contribution in [-0.2, 0) is 10.2 Å². The van der Waals surface area contributed by atoms with Gasteiger partial charge in [0.2, 0.25) is 0 Å². The summed E-state index contributed by atoms with van der Waals surface area (Å²) in [4.78, 5) is 0. The van der Waals surface area contributed by atoms with Gasteiger partial charge in [0.05, 0.1) is 6.07 Å². The van der Waals surface area contributed by atoms with E-state index in [1.165, 1.54) is 0 Å². The Hall–Kier alpha value is -0.640. The van der Waals surface area contributed by atoms with Gasteiger partial charge >= 0.3 is 0 Å². The van der Waals surface area contributed by atoms with E-state index in [4.69, 9.17) is 5.26 Å². The summed E-state index contributed by atoms with van der Waals surface area (Å²) in [6.07, 6.45) is 0.937. The van der Waals surface area contributed by atoms with Crippen molar-refractivity contribution in [1.82, 2.24) is 9.44 Å². The minimum absolute atomic E-state index is 0.162. The Morgan fingerprint density at radius 1 is 1.33 bits per heavy atom. The van der Waals surface area contributed by atoms with Gasteiger partial charge in [0.25, 0.3) is 10.2 Å². The van der Waals surface area contributed by atoms with Crippen LogP contribution in [-0.4, -0.2) is 21.5 Å². The van der Waals surface area contributed by atoms with E-state index in [1.807, 2.05) is 13.0 Å². The highest BCUT2D eigenvalue weighted by Crippen LogP contribution is 1.80. The average Bonchev–Trinajstić information content (AvgIpc) is 2.01. The van der Waals surface area contributed by atoms with Gasteiger partial charge in [-0.05, 0) is 6.42 Å². The molecule has 0 aromatic heterocycles. The first-order valence-electron chi connectivity index (χ1n) is 3.73. The van der Waals surface area contributed by atoms with Crippen molar-refractivity contribution in [3.8, 4) is 6.07 Å². The first-order valence-corrected chi connectivity index (χ1v) is 5.22. The Morgan fingerprint density at radius 3 is 2.42 bits per heavy atom. The minimum atomic E-state index is -3.37. The number of nitriles is 1. The molecule has 0 saturated carbocycles. The molecule has 0 unspecified atom stereocenters. The molecular formula is C6H13N3O2S. The van der Waals surface area contributed by atoms with E-state index in [2.05, 4.69) is 9.44 Å². The van der Waals surface area contributed by atoms with Gasteiger partial charge in [-0.25, -0.2) is 9.44 Å². The van der Waals surface area contributed by atoms with E-state index in [0.29, 0.717) is 6.54 Å². The summed E-state index contributed by atoms with van der Waals surface area (Å²) in [5.74, 6) is 0. The topological polar surface area (TPSA) is 82.0 Å². The van der Waals surface area contributed by atoms with Crippen LogP contribution >= 0.6 is 0 Å². The van der Waals surface area contributed by atoms with Crippen molar-refractivity contribution in [1.29, 1.82) is 5.26 Å². The predicted molar refractivity (Wildman–Crippen MR) is 45.4 cm³/mol. The van der Waals surface area contributed by atoms with Crippen molar-refractivity contribution in [2.75, 3.05) is 13.1 Å². The van der Waals surface area contributed by atoms with Gasteiger partial charge in [-0.3, -0.25) is 0 Å². The number of nitrogens with zero attached hydrogens (tertiary/aromatic N) is 1. The lowest BCUT2D eigenvalue weighted by atomic mass is 10.5. The second kappa shape index (κ2) is 5.94. The molecule has 0 saturated heterocycles. The summed E-state index contributed by atoms with van der Waals surface area (Å²) >= 11 is 0. The Morgan fingerprint density at radius 2 is 1.92 bits per heavy atom.